The zero-order chi connectivity index (χ0) is 44.2. The standard InChI is InChI=1S/C46H48Cl2N4O8S2/c1-57-35-23-13-29(25-37(35)59-3)27-39-43(55)51(45(61-39)31-15-19-33(47)20-16-31)49-41(53)11-9-7-5-6-8-10-12-42(54)50-52-44(56)40(62-46(52)32-17-21-34(48)22-18-32)28-30-14-24-36(58-2)38(26-30)60-4/h13-28,45-46H,5-12H2,1-4H3,(H,49,53)(H,50,54)/b39-27-,40-28-. The van der Waals surface area contributed by atoms with E-state index in [1.54, 1.807) is 89.1 Å². The van der Waals surface area contributed by atoms with E-state index in [0.717, 1.165) is 47.9 Å². The molecule has 6 rings (SSSR count). The molecule has 0 aromatic heterocycles. The lowest BCUT2D eigenvalue weighted by Crippen LogP contribution is -2.44. The fraction of sp³-hybridized carbons (Fsp3) is 0.304. The second kappa shape index (κ2) is 22.2. The number of ether oxygens (including phenoxy) is 4. The SMILES string of the molecule is COc1ccc(/C=C2\SC(c3ccc(Cl)cc3)N(NC(=O)CCCCCCCCC(=O)NN3C(=O)/C(=C/c4ccc(OC)c(OC)c4)SC3c3ccc(Cl)cc3)C2=O)cc1OC. The zero-order valence-electron chi connectivity index (χ0n) is 34.8. The molecule has 0 radical (unpaired) electrons. The molecule has 326 valence electrons. The van der Waals surface area contributed by atoms with E-state index in [4.69, 9.17) is 42.1 Å². The van der Waals surface area contributed by atoms with Crippen molar-refractivity contribution < 1.29 is 38.1 Å². The van der Waals surface area contributed by atoms with Crippen LogP contribution in [-0.2, 0) is 19.2 Å². The van der Waals surface area contributed by atoms with Crippen molar-refractivity contribution in [1.82, 2.24) is 20.9 Å². The van der Waals surface area contributed by atoms with E-state index >= 15 is 0 Å². The molecular weight excluding hydrogens is 872 g/mol. The molecule has 2 aliphatic rings. The van der Waals surface area contributed by atoms with Gasteiger partial charge in [0.05, 0.1) is 38.2 Å². The van der Waals surface area contributed by atoms with Gasteiger partial charge in [-0.1, -0.05) is 109 Å². The van der Waals surface area contributed by atoms with Crippen molar-refractivity contribution >= 4 is 82.5 Å². The maximum absolute atomic E-state index is 13.7. The molecule has 0 bridgehead atoms. The zero-order valence-corrected chi connectivity index (χ0v) is 37.9. The first-order chi connectivity index (χ1) is 30.0. The van der Waals surface area contributed by atoms with Crippen molar-refractivity contribution in [3.63, 3.8) is 0 Å². The number of carbonyl (C=O) groups excluding carboxylic acids is 4. The number of unbranched alkanes of at least 4 members (excludes halogenated alkanes) is 5. The Kier molecular flexibility index (Phi) is 16.5. The van der Waals surface area contributed by atoms with Gasteiger partial charge < -0.3 is 18.9 Å². The summed E-state index contributed by atoms with van der Waals surface area (Å²) in [5.41, 5.74) is 8.85. The molecule has 2 saturated heterocycles. The highest BCUT2D eigenvalue weighted by Gasteiger charge is 2.40. The van der Waals surface area contributed by atoms with E-state index in [-0.39, 0.29) is 36.5 Å². The first-order valence-corrected chi connectivity index (χ1v) is 22.5. The van der Waals surface area contributed by atoms with E-state index in [1.807, 2.05) is 36.4 Å². The van der Waals surface area contributed by atoms with Crippen LogP contribution in [0.3, 0.4) is 0 Å². The van der Waals surface area contributed by atoms with E-state index < -0.39 is 10.7 Å². The van der Waals surface area contributed by atoms with Gasteiger partial charge in [0.15, 0.2) is 23.0 Å². The highest BCUT2D eigenvalue weighted by Crippen LogP contribution is 2.47. The van der Waals surface area contributed by atoms with Crippen LogP contribution < -0.4 is 29.8 Å². The molecule has 2 fully saturated rings. The molecule has 2 heterocycles. The smallest absolute Gasteiger partial charge is 0.280 e. The Bertz CT molecular complexity index is 2150. The largest absolute Gasteiger partial charge is 0.493 e. The summed E-state index contributed by atoms with van der Waals surface area (Å²) < 4.78 is 21.6. The van der Waals surface area contributed by atoms with E-state index in [1.165, 1.54) is 33.5 Å². The van der Waals surface area contributed by atoms with Crippen LogP contribution >= 0.6 is 46.7 Å². The normalized spacial score (nSPS) is 17.5. The number of nitrogens with one attached hydrogen (secondary N) is 2. The molecule has 2 aliphatic heterocycles. The molecular formula is C46H48Cl2N4O8S2. The van der Waals surface area contributed by atoms with Gasteiger partial charge in [-0.05, 0) is 95.8 Å². The molecule has 62 heavy (non-hydrogen) atoms. The van der Waals surface area contributed by atoms with Crippen LogP contribution in [0.15, 0.2) is 94.7 Å². The van der Waals surface area contributed by atoms with E-state index in [9.17, 15) is 19.2 Å². The number of methoxy groups -OCH3 is 4. The molecule has 2 atom stereocenters. The van der Waals surface area contributed by atoms with Gasteiger partial charge in [-0.2, -0.15) is 0 Å². The average molecular weight is 920 g/mol. The van der Waals surface area contributed by atoms with Crippen molar-refractivity contribution in [1.29, 1.82) is 0 Å². The minimum absolute atomic E-state index is 0.248. The maximum atomic E-state index is 13.7. The molecule has 4 aromatic carbocycles. The van der Waals surface area contributed by atoms with Gasteiger partial charge in [0, 0.05) is 22.9 Å². The Morgan fingerprint density at radius 2 is 0.903 bits per heavy atom. The summed E-state index contributed by atoms with van der Waals surface area (Å²) in [7, 11) is 6.22. The second-order valence-electron chi connectivity index (χ2n) is 14.3. The Morgan fingerprint density at radius 3 is 1.26 bits per heavy atom. The number of hydrogen-bond donors (Lipinski definition) is 2. The highest BCUT2D eigenvalue weighted by atomic mass is 35.5. The van der Waals surface area contributed by atoms with Gasteiger partial charge in [0.1, 0.15) is 10.7 Å². The van der Waals surface area contributed by atoms with Crippen molar-refractivity contribution in [3.8, 4) is 23.0 Å². The number of hydrazine groups is 2. The molecule has 0 saturated carbocycles. The van der Waals surface area contributed by atoms with Crippen molar-refractivity contribution in [3.05, 3.63) is 127 Å². The first kappa shape index (κ1) is 46.2. The van der Waals surface area contributed by atoms with E-state index in [2.05, 4.69) is 10.9 Å². The predicted octanol–water partition coefficient (Wildman–Crippen LogP) is 10.1. The Morgan fingerprint density at radius 1 is 0.548 bits per heavy atom. The van der Waals surface area contributed by atoms with Crippen LogP contribution in [0.25, 0.3) is 12.2 Å². The monoisotopic (exact) mass is 918 g/mol. The molecule has 4 amide bonds. The topological polar surface area (TPSA) is 136 Å². The lowest BCUT2D eigenvalue weighted by atomic mass is 10.1. The molecule has 12 nitrogen and oxygen atoms in total. The van der Waals surface area contributed by atoms with Crippen LogP contribution in [0.2, 0.25) is 10.0 Å². The third-order valence-corrected chi connectivity index (χ3v) is 13.1. The third kappa shape index (κ3) is 11.8. The van der Waals surface area contributed by atoms with Gasteiger partial charge in [-0.3, -0.25) is 30.0 Å². The van der Waals surface area contributed by atoms with Gasteiger partial charge in [-0.25, -0.2) is 10.0 Å². The lowest BCUT2D eigenvalue weighted by molar-refractivity contribution is -0.138. The number of halogens is 2. The maximum Gasteiger partial charge on any atom is 0.280 e. The number of nitrogens with zero attached hydrogens (tertiary/aromatic N) is 2. The number of thioether (sulfide) groups is 2. The Balaban J connectivity index is 0.967. The molecule has 2 N–H and O–H groups in total. The van der Waals surface area contributed by atoms with Gasteiger partial charge >= 0.3 is 0 Å². The number of hydrogen-bond acceptors (Lipinski definition) is 10. The quantitative estimate of drug-likeness (QED) is 0.0691. The Hall–Kier alpha value is -5.28. The molecule has 2 unspecified atom stereocenters. The summed E-state index contributed by atoms with van der Waals surface area (Å²) in [4.78, 5) is 54.7. The highest BCUT2D eigenvalue weighted by molar-refractivity contribution is 8.05. The molecule has 0 spiro atoms. The average Bonchev–Trinajstić information content (AvgIpc) is 3.74. The summed E-state index contributed by atoms with van der Waals surface area (Å²) in [6.45, 7) is 0. The van der Waals surface area contributed by atoms with Gasteiger partial charge in [0.2, 0.25) is 11.8 Å². The molecule has 4 aromatic rings. The van der Waals surface area contributed by atoms with Crippen LogP contribution in [0.4, 0.5) is 0 Å². The molecule has 16 heteroatoms. The van der Waals surface area contributed by atoms with Crippen LogP contribution in [0, 0.1) is 0 Å². The van der Waals surface area contributed by atoms with Crippen LogP contribution in [-0.4, -0.2) is 62.1 Å². The fourth-order valence-electron chi connectivity index (χ4n) is 6.84. The lowest BCUT2D eigenvalue weighted by Gasteiger charge is -2.24. The van der Waals surface area contributed by atoms with Crippen LogP contribution in [0.1, 0.15) is 84.4 Å². The number of benzene rings is 4. The fourth-order valence-corrected chi connectivity index (χ4v) is 9.48. The predicted molar refractivity (Wildman–Crippen MR) is 246 cm³/mol. The number of rotatable bonds is 19. The minimum Gasteiger partial charge on any atom is -0.493 e. The molecule has 0 aliphatic carbocycles. The first-order valence-electron chi connectivity index (χ1n) is 20.0. The van der Waals surface area contributed by atoms with Crippen molar-refractivity contribution in [2.24, 2.45) is 0 Å². The van der Waals surface area contributed by atoms with Gasteiger partial charge in [0.25, 0.3) is 11.8 Å². The van der Waals surface area contributed by atoms with Crippen LogP contribution in [0.5, 0.6) is 23.0 Å². The van der Waals surface area contributed by atoms with E-state index in [0.29, 0.717) is 55.7 Å². The summed E-state index contributed by atoms with van der Waals surface area (Å²) in [6.07, 6.45) is 8.70. The summed E-state index contributed by atoms with van der Waals surface area (Å²) in [5.74, 6) is 1.09. The minimum atomic E-state index is -0.486. The Labute approximate surface area is 380 Å². The number of carbonyl (C=O) groups is 4. The summed E-state index contributed by atoms with van der Waals surface area (Å²) in [6, 6.07) is 25.2. The van der Waals surface area contributed by atoms with Gasteiger partial charge in [-0.15, -0.1) is 0 Å². The van der Waals surface area contributed by atoms with Crippen molar-refractivity contribution in [2.75, 3.05) is 28.4 Å². The number of amides is 4. The summed E-state index contributed by atoms with van der Waals surface area (Å²) in [5, 5.41) is 2.94. The van der Waals surface area contributed by atoms with Crippen molar-refractivity contribution in [2.45, 2.75) is 62.1 Å². The third-order valence-electron chi connectivity index (χ3n) is 10.1. The summed E-state index contributed by atoms with van der Waals surface area (Å²) >= 11 is 15.0. The second-order valence-corrected chi connectivity index (χ2v) is 17.4.